The van der Waals surface area contributed by atoms with Crippen molar-refractivity contribution in [3.8, 4) is 16.9 Å². The van der Waals surface area contributed by atoms with Crippen molar-refractivity contribution in [3.05, 3.63) is 56.6 Å². The number of benzene rings is 2. The summed E-state index contributed by atoms with van der Waals surface area (Å²) in [7, 11) is 0. The average Bonchev–Trinajstić information content (AvgIpc) is 2.30. The van der Waals surface area contributed by atoms with Crippen molar-refractivity contribution < 1.29 is 10.0 Å². The molecule has 0 saturated heterocycles. The molecule has 0 radical (unpaired) electrons. The Morgan fingerprint density at radius 2 is 1.83 bits per heavy atom. The first kappa shape index (κ1) is 12.7. The predicted molar refractivity (Wildman–Crippen MR) is 70.2 cm³/mol. The number of aromatic hydroxyl groups is 1. The van der Waals surface area contributed by atoms with Gasteiger partial charge in [0.15, 0.2) is 5.75 Å². The zero-order valence-electron chi connectivity index (χ0n) is 8.93. The van der Waals surface area contributed by atoms with Crippen LogP contribution < -0.4 is 0 Å². The lowest BCUT2D eigenvalue weighted by Crippen LogP contribution is -1.89. The van der Waals surface area contributed by atoms with E-state index in [0.29, 0.717) is 21.2 Å². The van der Waals surface area contributed by atoms with Crippen molar-refractivity contribution in [2.75, 3.05) is 0 Å². The summed E-state index contributed by atoms with van der Waals surface area (Å²) in [5.41, 5.74) is 0.795. The minimum Gasteiger partial charge on any atom is -0.502 e. The quantitative estimate of drug-likeness (QED) is 0.661. The van der Waals surface area contributed by atoms with E-state index < -0.39 is 4.92 Å². The zero-order valence-corrected chi connectivity index (χ0v) is 10.4. The predicted octanol–water partition coefficient (Wildman–Crippen LogP) is 4.27. The molecule has 0 unspecified atom stereocenters. The molecule has 18 heavy (non-hydrogen) atoms. The largest absolute Gasteiger partial charge is 0.502 e. The Balaban J connectivity index is 2.58. The van der Waals surface area contributed by atoms with Crippen LogP contribution in [0.3, 0.4) is 0 Å². The van der Waals surface area contributed by atoms with Gasteiger partial charge in [0.1, 0.15) is 0 Å². The molecule has 0 heterocycles. The lowest BCUT2D eigenvalue weighted by atomic mass is 10.0. The van der Waals surface area contributed by atoms with Gasteiger partial charge in [0, 0.05) is 21.7 Å². The number of halogens is 2. The fourth-order valence-corrected chi connectivity index (χ4v) is 2.08. The van der Waals surface area contributed by atoms with Crippen LogP contribution in [0.25, 0.3) is 11.1 Å². The molecule has 2 rings (SSSR count). The first-order valence-electron chi connectivity index (χ1n) is 4.92. The molecule has 2 aromatic carbocycles. The normalized spacial score (nSPS) is 10.3. The minimum absolute atomic E-state index is 0.362. The Morgan fingerprint density at radius 3 is 2.44 bits per heavy atom. The smallest absolute Gasteiger partial charge is 0.311 e. The van der Waals surface area contributed by atoms with E-state index in [4.69, 9.17) is 23.2 Å². The van der Waals surface area contributed by atoms with E-state index >= 15 is 0 Å². The van der Waals surface area contributed by atoms with E-state index in [-0.39, 0.29) is 11.4 Å². The highest BCUT2D eigenvalue weighted by molar-refractivity contribution is 6.36. The number of nitro groups is 1. The molecule has 6 heteroatoms. The summed E-state index contributed by atoms with van der Waals surface area (Å²) in [6, 6.07) is 8.94. The molecule has 0 bridgehead atoms. The van der Waals surface area contributed by atoms with Gasteiger partial charge < -0.3 is 5.11 Å². The van der Waals surface area contributed by atoms with Crippen LogP contribution in [0.4, 0.5) is 5.69 Å². The van der Waals surface area contributed by atoms with Gasteiger partial charge in [0.05, 0.1) is 4.92 Å². The highest BCUT2D eigenvalue weighted by atomic mass is 35.5. The van der Waals surface area contributed by atoms with E-state index in [0.717, 1.165) is 0 Å². The van der Waals surface area contributed by atoms with E-state index in [1.54, 1.807) is 24.3 Å². The summed E-state index contributed by atoms with van der Waals surface area (Å²) in [6.07, 6.45) is 0. The van der Waals surface area contributed by atoms with Crippen molar-refractivity contribution in [3.63, 3.8) is 0 Å². The topological polar surface area (TPSA) is 63.4 Å². The van der Waals surface area contributed by atoms with Crippen molar-refractivity contribution >= 4 is 28.9 Å². The van der Waals surface area contributed by atoms with Gasteiger partial charge in [0.2, 0.25) is 0 Å². The first-order chi connectivity index (χ1) is 8.49. The van der Waals surface area contributed by atoms with Crippen molar-refractivity contribution in [2.45, 2.75) is 0 Å². The highest BCUT2D eigenvalue weighted by Gasteiger charge is 2.15. The second kappa shape index (κ2) is 4.84. The molecule has 0 spiro atoms. The monoisotopic (exact) mass is 283 g/mol. The fraction of sp³-hybridized carbons (Fsp3) is 0. The molecular weight excluding hydrogens is 277 g/mol. The summed E-state index contributed by atoms with van der Waals surface area (Å²) in [5.74, 6) is -0.381. The number of nitro benzene ring substituents is 1. The van der Waals surface area contributed by atoms with Crippen LogP contribution in [0.2, 0.25) is 10.0 Å². The van der Waals surface area contributed by atoms with Crippen LogP contribution in [0.1, 0.15) is 0 Å². The molecule has 1 N–H and O–H groups in total. The summed E-state index contributed by atoms with van der Waals surface area (Å²) in [5, 5.41) is 21.0. The number of phenolic OH excluding ortho intramolecular Hbond substituents is 1. The third-order valence-electron chi connectivity index (χ3n) is 2.41. The van der Waals surface area contributed by atoms with Crippen molar-refractivity contribution in [2.24, 2.45) is 0 Å². The second-order valence-electron chi connectivity index (χ2n) is 3.58. The fourth-order valence-electron chi connectivity index (χ4n) is 1.56. The van der Waals surface area contributed by atoms with Gasteiger partial charge in [-0.15, -0.1) is 0 Å². The van der Waals surface area contributed by atoms with E-state index in [1.807, 2.05) is 0 Å². The first-order valence-corrected chi connectivity index (χ1v) is 5.67. The van der Waals surface area contributed by atoms with Crippen LogP contribution in [0.5, 0.6) is 5.75 Å². The van der Waals surface area contributed by atoms with E-state index in [2.05, 4.69) is 0 Å². The molecule has 0 amide bonds. The molecule has 0 aliphatic rings. The van der Waals surface area contributed by atoms with Crippen LogP contribution in [-0.4, -0.2) is 10.0 Å². The van der Waals surface area contributed by atoms with Crippen LogP contribution in [0, 0.1) is 10.1 Å². The molecule has 0 aliphatic heterocycles. The van der Waals surface area contributed by atoms with Gasteiger partial charge >= 0.3 is 5.69 Å². The van der Waals surface area contributed by atoms with Gasteiger partial charge in [0.25, 0.3) is 0 Å². The summed E-state index contributed by atoms with van der Waals surface area (Å²) in [6.45, 7) is 0. The maximum Gasteiger partial charge on any atom is 0.311 e. The van der Waals surface area contributed by atoms with Crippen molar-refractivity contribution in [1.82, 2.24) is 0 Å². The Bertz CT molecular complexity index is 629. The molecule has 0 atom stereocenters. The molecule has 92 valence electrons. The van der Waals surface area contributed by atoms with Crippen molar-refractivity contribution in [1.29, 1.82) is 0 Å². The zero-order chi connectivity index (χ0) is 13.3. The lowest BCUT2D eigenvalue weighted by molar-refractivity contribution is -0.385. The number of hydrogen-bond donors (Lipinski definition) is 1. The number of rotatable bonds is 2. The highest BCUT2D eigenvalue weighted by Crippen LogP contribution is 2.35. The maximum absolute atomic E-state index is 10.7. The lowest BCUT2D eigenvalue weighted by Gasteiger charge is -2.05. The van der Waals surface area contributed by atoms with Crippen LogP contribution in [-0.2, 0) is 0 Å². The average molecular weight is 284 g/mol. The summed E-state index contributed by atoms with van der Waals surface area (Å²) >= 11 is 11.8. The molecule has 2 aromatic rings. The molecule has 0 aliphatic carbocycles. The van der Waals surface area contributed by atoms with Gasteiger partial charge in [-0.25, -0.2) is 0 Å². The number of nitrogens with zero attached hydrogens (tertiary/aromatic N) is 1. The molecular formula is C12H7Cl2NO3. The van der Waals surface area contributed by atoms with Crippen LogP contribution in [0.15, 0.2) is 36.4 Å². The number of phenols is 1. The SMILES string of the molecule is O=[N+]([O-])c1cc(-c2ccc(Cl)cc2Cl)ccc1O. The van der Waals surface area contributed by atoms with Gasteiger partial charge in [-0.3, -0.25) is 10.1 Å². The number of hydrogen-bond acceptors (Lipinski definition) is 3. The third-order valence-corrected chi connectivity index (χ3v) is 2.96. The van der Waals surface area contributed by atoms with E-state index in [9.17, 15) is 15.2 Å². The molecule has 0 aromatic heterocycles. The molecule has 4 nitrogen and oxygen atoms in total. The van der Waals surface area contributed by atoms with Gasteiger partial charge in [-0.05, 0) is 23.8 Å². The van der Waals surface area contributed by atoms with Gasteiger partial charge in [-0.1, -0.05) is 35.3 Å². The summed E-state index contributed by atoms with van der Waals surface area (Å²) < 4.78 is 0. The molecule has 0 fully saturated rings. The Hall–Kier alpha value is -1.78. The Kier molecular flexibility index (Phi) is 3.41. The molecule has 0 saturated carbocycles. The van der Waals surface area contributed by atoms with Gasteiger partial charge in [-0.2, -0.15) is 0 Å². The standard InChI is InChI=1S/C12H7Cl2NO3/c13-8-2-3-9(10(14)6-8)7-1-4-12(16)11(5-7)15(17)18/h1-6,16H. The van der Waals surface area contributed by atoms with Crippen LogP contribution >= 0.6 is 23.2 Å². The summed E-state index contributed by atoms with van der Waals surface area (Å²) in [4.78, 5) is 10.1. The third kappa shape index (κ3) is 2.39. The van der Waals surface area contributed by atoms with E-state index in [1.165, 1.54) is 12.1 Å². The second-order valence-corrected chi connectivity index (χ2v) is 4.43. The maximum atomic E-state index is 10.7. The Labute approximate surface area is 113 Å². The Morgan fingerprint density at radius 1 is 1.11 bits per heavy atom. The minimum atomic E-state index is -0.650.